The summed E-state index contributed by atoms with van der Waals surface area (Å²) in [5, 5.41) is -9.35. The van der Waals surface area contributed by atoms with Crippen LogP contribution in [0.3, 0.4) is 0 Å². The van der Waals surface area contributed by atoms with Gasteiger partial charge in [0.2, 0.25) is 0 Å². The zero-order chi connectivity index (χ0) is 9.50. The monoisotopic (exact) mass is 216 g/mol. The normalized spacial score (nSPS) is 19.6. The Kier molecular flexibility index (Phi) is 2.68. The molecule has 1 unspecified atom stereocenters. The molecule has 0 aromatic carbocycles. The van der Waals surface area contributed by atoms with Gasteiger partial charge in [0, 0.05) is 6.92 Å². The quantitative estimate of drug-likeness (QED) is 0.491. The van der Waals surface area contributed by atoms with Crippen molar-refractivity contribution in [3.05, 3.63) is 0 Å². The van der Waals surface area contributed by atoms with Crippen LogP contribution in [0.5, 0.6) is 0 Å². The van der Waals surface area contributed by atoms with Crippen molar-refractivity contribution >= 4 is 23.2 Å². The van der Waals surface area contributed by atoms with Gasteiger partial charge in [0.05, 0.1) is 0 Å². The Balaban J connectivity index is 4.75. The van der Waals surface area contributed by atoms with Gasteiger partial charge in [0.25, 0.3) is 5.92 Å². The van der Waals surface area contributed by atoms with Crippen LogP contribution in [0.2, 0.25) is 0 Å². The summed E-state index contributed by atoms with van der Waals surface area (Å²) < 4.78 is 59.6. The third-order valence-electron chi connectivity index (χ3n) is 0.907. The Hall–Kier alpha value is 0.230. The molecule has 0 aromatic heterocycles. The highest BCUT2D eigenvalue weighted by Gasteiger charge is 2.66. The minimum absolute atomic E-state index is 0.0870. The molecule has 0 spiro atoms. The molecule has 1 atom stereocenters. The molecular formula is C4H3Cl2F5. The first-order valence-electron chi connectivity index (χ1n) is 2.32. The lowest BCUT2D eigenvalue weighted by Crippen LogP contribution is -2.48. The lowest BCUT2D eigenvalue weighted by atomic mass is 10.2. The predicted octanol–water partition coefficient (Wildman–Crippen LogP) is 3.38. The van der Waals surface area contributed by atoms with Gasteiger partial charge >= 0.3 is 10.5 Å². The summed E-state index contributed by atoms with van der Waals surface area (Å²) >= 11 is 8.18. The number of halogens is 7. The van der Waals surface area contributed by atoms with Gasteiger partial charge in [-0.25, -0.2) is 13.2 Å². The Labute approximate surface area is 69.3 Å². The highest BCUT2D eigenvalue weighted by atomic mass is 35.5. The maximum absolute atomic E-state index is 12.2. The summed E-state index contributed by atoms with van der Waals surface area (Å²) in [6.07, 6.45) is 0. The van der Waals surface area contributed by atoms with E-state index in [0.29, 0.717) is 0 Å². The first-order valence-corrected chi connectivity index (χ1v) is 3.08. The third-order valence-corrected chi connectivity index (χ3v) is 1.83. The molecule has 0 aliphatic heterocycles. The zero-order valence-corrected chi connectivity index (χ0v) is 6.66. The van der Waals surface area contributed by atoms with Crippen LogP contribution in [0.1, 0.15) is 6.92 Å². The van der Waals surface area contributed by atoms with E-state index in [0.717, 1.165) is 0 Å². The van der Waals surface area contributed by atoms with E-state index in [4.69, 9.17) is 0 Å². The number of hydrogen-bond acceptors (Lipinski definition) is 0. The highest BCUT2D eigenvalue weighted by Crippen LogP contribution is 2.49. The Morgan fingerprint density at radius 3 is 1.18 bits per heavy atom. The molecular weight excluding hydrogens is 214 g/mol. The van der Waals surface area contributed by atoms with Gasteiger partial charge in [-0.1, -0.05) is 11.6 Å². The molecule has 0 heterocycles. The van der Waals surface area contributed by atoms with Crippen LogP contribution in [-0.4, -0.2) is 16.4 Å². The zero-order valence-electron chi connectivity index (χ0n) is 5.15. The van der Waals surface area contributed by atoms with Crippen LogP contribution in [-0.2, 0) is 0 Å². The SMILES string of the molecule is CC(F)(F)C(F)(Cl)C(F)(F)Cl. The summed E-state index contributed by atoms with van der Waals surface area (Å²) in [4.78, 5) is 0. The number of rotatable bonds is 2. The maximum atomic E-state index is 12.2. The molecule has 11 heavy (non-hydrogen) atoms. The van der Waals surface area contributed by atoms with Gasteiger partial charge in [-0.2, -0.15) is 8.78 Å². The van der Waals surface area contributed by atoms with Crippen LogP contribution >= 0.6 is 23.2 Å². The summed E-state index contributed by atoms with van der Waals surface area (Å²) in [7, 11) is 0. The van der Waals surface area contributed by atoms with Crippen molar-refractivity contribution in [2.24, 2.45) is 0 Å². The van der Waals surface area contributed by atoms with E-state index in [1.165, 1.54) is 0 Å². The molecule has 0 rings (SSSR count). The van der Waals surface area contributed by atoms with E-state index < -0.39 is 16.4 Å². The van der Waals surface area contributed by atoms with E-state index in [-0.39, 0.29) is 6.92 Å². The first kappa shape index (κ1) is 11.2. The molecule has 0 aliphatic rings. The molecule has 7 heteroatoms. The van der Waals surface area contributed by atoms with Crippen molar-refractivity contribution in [1.29, 1.82) is 0 Å². The molecule has 0 N–H and O–H groups in total. The summed E-state index contributed by atoms with van der Waals surface area (Å²) in [5.74, 6) is -4.40. The number of hydrogen-bond donors (Lipinski definition) is 0. The molecule has 68 valence electrons. The van der Waals surface area contributed by atoms with Crippen LogP contribution in [0.15, 0.2) is 0 Å². The second-order valence-electron chi connectivity index (χ2n) is 1.96. The second-order valence-corrected chi connectivity index (χ2v) is 2.96. The van der Waals surface area contributed by atoms with Crippen LogP contribution in [0.25, 0.3) is 0 Å². The molecule has 0 fully saturated rings. The van der Waals surface area contributed by atoms with E-state index in [2.05, 4.69) is 23.2 Å². The topological polar surface area (TPSA) is 0 Å². The van der Waals surface area contributed by atoms with Gasteiger partial charge < -0.3 is 0 Å². The van der Waals surface area contributed by atoms with Crippen molar-refractivity contribution in [3.63, 3.8) is 0 Å². The van der Waals surface area contributed by atoms with Crippen molar-refractivity contribution in [2.45, 2.75) is 23.4 Å². The van der Waals surface area contributed by atoms with Gasteiger partial charge in [-0.3, -0.25) is 0 Å². The second kappa shape index (κ2) is 2.62. The van der Waals surface area contributed by atoms with E-state index in [9.17, 15) is 22.0 Å². The molecule has 0 aromatic rings. The van der Waals surface area contributed by atoms with E-state index in [1.807, 2.05) is 0 Å². The smallest absolute Gasteiger partial charge is 0.211 e. The van der Waals surface area contributed by atoms with Crippen molar-refractivity contribution in [3.8, 4) is 0 Å². The van der Waals surface area contributed by atoms with Crippen molar-refractivity contribution in [1.82, 2.24) is 0 Å². The van der Waals surface area contributed by atoms with Gasteiger partial charge in [0.15, 0.2) is 0 Å². The minimum Gasteiger partial charge on any atom is -0.211 e. The third kappa shape index (κ3) is 2.08. The number of alkyl halides is 7. The van der Waals surface area contributed by atoms with Gasteiger partial charge in [0.1, 0.15) is 0 Å². The molecule has 0 nitrogen and oxygen atoms in total. The minimum atomic E-state index is -4.80. The Morgan fingerprint density at radius 1 is 0.909 bits per heavy atom. The van der Waals surface area contributed by atoms with Crippen LogP contribution in [0.4, 0.5) is 22.0 Å². The average Bonchev–Trinajstić information content (AvgIpc) is 1.58. The van der Waals surface area contributed by atoms with E-state index in [1.54, 1.807) is 0 Å². The fourth-order valence-corrected chi connectivity index (χ4v) is 0.415. The van der Waals surface area contributed by atoms with Crippen molar-refractivity contribution in [2.75, 3.05) is 0 Å². The summed E-state index contributed by atoms with van der Waals surface area (Å²) in [6, 6.07) is 0. The average molecular weight is 217 g/mol. The Bertz CT molecular complexity index is 128. The highest BCUT2D eigenvalue weighted by molar-refractivity contribution is 6.32. The molecule has 0 aliphatic carbocycles. The molecule has 0 bridgehead atoms. The first-order chi connectivity index (χ1) is 4.50. The van der Waals surface area contributed by atoms with E-state index >= 15 is 0 Å². The Morgan fingerprint density at radius 2 is 1.18 bits per heavy atom. The standard InChI is InChI=1S/C4H3Cl2F5/c1-2(7,8)3(5,9)4(6,10)11/h1H3. The predicted molar refractivity (Wildman–Crippen MR) is 31.1 cm³/mol. The molecule has 0 saturated carbocycles. The molecule has 0 radical (unpaired) electrons. The van der Waals surface area contributed by atoms with Crippen LogP contribution in [0, 0.1) is 0 Å². The summed E-state index contributed by atoms with van der Waals surface area (Å²) in [6.45, 7) is -0.0870. The van der Waals surface area contributed by atoms with Gasteiger partial charge in [-0.05, 0) is 11.6 Å². The lowest BCUT2D eigenvalue weighted by molar-refractivity contribution is -0.159. The molecule has 0 amide bonds. The fraction of sp³-hybridized carbons (Fsp3) is 1.00. The van der Waals surface area contributed by atoms with Crippen LogP contribution < -0.4 is 0 Å². The van der Waals surface area contributed by atoms with Gasteiger partial charge in [-0.15, -0.1) is 0 Å². The lowest BCUT2D eigenvalue weighted by Gasteiger charge is -2.27. The largest absolute Gasteiger partial charge is 0.375 e. The summed E-state index contributed by atoms with van der Waals surface area (Å²) in [5.41, 5.74) is 0. The van der Waals surface area contributed by atoms with Crippen molar-refractivity contribution < 1.29 is 22.0 Å². The molecule has 0 saturated heterocycles. The fourth-order valence-electron chi connectivity index (χ4n) is 0.249. The maximum Gasteiger partial charge on any atom is 0.375 e.